The molecule has 0 radical (unpaired) electrons. The molecule has 45 heavy (non-hydrogen) atoms. The van der Waals surface area contributed by atoms with Gasteiger partial charge < -0.3 is 30.0 Å². The van der Waals surface area contributed by atoms with Crippen molar-refractivity contribution in [1.82, 2.24) is 0 Å². The first kappa shape index (κ1) is 33.7. The molecule has 6 aromatic rings. The van der Waals surface area contributed by atoms with Crippen LogP contribution in [0.2, 0.25) is 0 Å². The molecule has 0 spiro atoms. The quantitative estimate of drug-likeness (QED) is 0.144. The molecule has 0 saturated carbocycles. The van der Waals surface area contributed by atoms with Crippen LogP contribution in [0.5, 0.6) is 11.5 Å². The minimum Gasteiger partial charge on any atom is -0.545 e. The van der Waals surface area contributed by atoms with Gasteiger partial charge >= 0.3 is 37.7 Å². The van der Waals surface area contributed by atoms with Crippen molar-refractivity contribution < 1.29 is 30.0 Å². The number of carboxylic acid groups (broad SMARTS) is 2. The van der Waals surface area contributed by atoms with Crippen LogP contribution in [0.1, 0.15) is 31.8 Å². The molecule has 6 rings (SSSR count). The second-order valence-electron chi connectivity index (χ2n) is 9.58. The summed E-state index contributed by atoms with van der Waals surface area (Å²) in [6, 6.07) is 20.6. The van der Waals surface area contributed by atoms with Gasteiger partial charge in [0.1, 0.15) is 21.4 Å². The fraction of sp³-hybridized carbons (Fsp3) is 0.0625. The molecule has 0 bridgehead atoms. The molecule has 220 valence electrons. The van der Waals surface area contributed by atoms with Crippen molar-refractivity contribution in [3.8, 4) is 11.5 Å². The van der Waals surface area contributed by atoms with E-state index < -0.39 is 23.4 Å². The molecular formula is C32H22CaN4O6S2. The number of aromatic hydroxyl groups is 2. The van der Waals surface area contributed by atoms with Crippen LogP contribution in [0.4, 0.5) is 21.4 Å². The topological polar surface area (TPSA) is 170 Å². The summed E-state index contributed by atoms with van der Waals surface area (Å²) in [7, 11) is 0. The number of benzene rings is 4. The number of hydrogen-bond donors (Lipinski definition) is 2. The van der Waals surface area contributed by atoms with Gasteiger partial charge in [0, 0.05) is 21.9 Å². The average molecular weight is 663 g/mol. The summed E-state index contributed by atoms with van der Waals surface area (Å²) in [6.45, 7) is 3.89. The molecule has 10 nitrogen and oxygen atoms in total. The van der Waals surface area contributed by atoms with Crippen molar-refractivity contribution in [2.24, 2.45) is 20.5 Å². The summed E-state index contributed by atoms with van der Waals surface area (Å²) in [5.74, 6) is -3.77. The van der Waals surface area contributed by atoms with Gasteiger partial charge in [-0.05, 0) is 70.8 Å². The van der Waals surface area contributed by atoms with Crippen molar-refractivity contribution in [3.05, 3.63) is 106 Å². The van der Waals surface area contributed by atoms with E-state index in [0.717, 1.165) is 11.1 Å². The Morgan fingerprint density at radius 2 is 1.00 bits per heavy atom. The van der Waals surface area contributed by atoms with Crippen LogP contribution in [-0.2, 0) is 0 Å². The Balaban J connectivity index is 0.000000200. The van der Waals surface area contributed by atoms with Gasteiger partial charge in [0.25, 0.3) is 0 Å². The van der Waals surface area contributed by atoms with Gasteiger partial charge in [0.2, 0.25) is 0 Å². The van der Waals surface area contributed by atoms with E-state index in [1.807, 2.05) is 36.7 Å². The number of rotatable bonds is 6. The van der Waals surface area contributed by atoms with E-state index in [2.05, 4.69) is 20.5 Å². The zero-order chi connectivity index (χ0) is 31.4. The van der Waals surface area contributed by atoms with Crippen molar-refractivity contribution in [2.75, 3.05) is 0 Å². The number of aryl methyl sites for hydroxylation is 2. The maximum Gasteiger partial charge on any atom is 2.00 e. The summed E-state index contributed by atoms with van der Waals surface area (Å²) < 4.78 is 0. The Bertz CT molecular complexity index is 1960. The summed E-state index contributed by atoms with van der Waals surface area (Å²) in [5, 5.41) is 66.7. The third-order valence-corrected chi connectivity index (χ3v) is 8.22. The van der Waals surface area contributed by atoms with Crippen LogP contribution in [0.3, 0.4) is 0 Å². The molecule has 0 atom stereocenters. The maximum absolute atomic E-state index is 11.2. The predicted octanol–water partition coefficient (Wildman–Crippen LogP) is 7.01. The Hall–Kier alpha value is -4.20. The van der Waals surface area contributed by atoms with E-state index in [9.17, 15) is 30.0 Å². The largest absolute Gasteiger partial charge is 2.00 e. The van der Waals surface area contributed by atoms with Gasteiger partial charge in [0.15, 0.2) is 11.5 Å². The first-order valence-electron chi connectivity index (χ1n) is 13.0. The van der Waals surface area contributed by atoms with Gasteiger partial charge in [-0.15, -0.1) is 43.1 Å². The van der Waals surface area contributed by atoms with Gasteiger partial charge in [0.05, 0.1) is 11.9 Å². The minimum absolute atomic E-state index is 0. The molecule has 0 aliphatic carbocycles. The Morgan fingerprint density at radius 1 is 0.622 bits per heavy atom. The summed E-state index contributed by atoms with van der Waals surface area (Å²) in [5.41, 5.74) is 1.80. The molecular weight excluding hydrogens is 641 g/mol. The number of thiophene rings is 2. The van der Waals surface area contributed by atoms with Crippen molar-refractivity contribution in [2.45, 2.75) is 13.8 Å². The molecule has 0 aliphatic heterocycles. The number of carboxylic acids is 2. The normalized spacial score (nSPS) is 11.1. The monoisotopic (exact) mass is 662 g/mol. The van der Waals surface area contributed by atoms with E-state index in [1.165, 1.54) is 34.8 Å². The third kappa shape index (κ3) is 7.72. The van der Waals surface area contributed by atoms with Crippen LogP contribution in [-0.4, -0.2) is 59.9 Å². The van der Waals surface area contributed by atoms with Crippen LogP contribution in [0.25, 0.3) is 21.5 Å². The van der Waals surface area contributed by atoms with E-state index in [-0.39, 0.29) is 60.2 Å². The van der Waals surface area contributed by atoms with E-state index in [4.69, 9.17) is 0 Å². The number of phenols is 2. The molecule has 0 aliphatic rings. The number of carbonyl (C=O) groups is 2. The maximum atomic E-state index is 11.2. The Morgan fingerprint density at radius 3 is 1.33 bits per heavy atom. The fourth-order valence-electron chi connectivity index (χ4n) is 4.28. The Labute approximate surface area is 294 Å². The fourth-order valence-corrected chi connectivity index (χ4v) is 5.72. The number of nitrogens with zero attached hydrogens (tertiary/aromatic N) is 4. The summed E-state index contributed by atoms with van der Waals surface area (Å²) in [6.07, 6.45) is 0. The molecule has 13 heteroatoms. The number of aromatic carboxylic acids is 2. The van der Waals surface area contributed by atoms with Crippen LogP contribution >= 0.6 is 22.7 Å². The SMILES string of the molecule is Cc1csc(N=Nc2c(O)c(C(=O)[O-])cc3ccccc23)c1.Cc1csc(N=Nc2c(O)c(C(=O)[O-])cc3ccccc23)c1.[Ca+2]. The van der Waals surface area contributed by atoms with Gasteiger partial charge in [-0.1, -0.05) is 48.5 Å². The minimum atomic E-state index is -1.45. The van der Waals surface area contributed by atoms with Crippen LogP contribution in [0, 0.1) is 13.8 Å². The summed E-state index contributed by atoms with van der Waals surface area (Å²) >= 11 is 2.84. The smallest absolute Gasteiger partial charge is 0.545 e. The van der Waals surface area contributed by atoms with Gasteiger partial charge in [-0.2, -0.15) is 0 Å². The van der Waals surface area contributed by atoms with Crippen LogP contribution < -0.4 is 10.2 Å². The molecule has 2 heterocycles. The predicted molar refractivity (Wildman–Crippen MR) is 172 cm³/mol. The first-order chi connectivity index (χ1) is 21.1. The third-order valence-electron chi connectivity index (χ3n) is 6.36. The second-order valence-corrected chi connectivity index (χ2v) is 11.4. The molecule has 4 aromatic carbocycles. The molecule has 0 fully saturated rings. The van der Waals surface area contributed by atoms with Crippen LogP contribution in [0.15, 0.2) is 104 Å². The standard InChI is InChI=1S/2C16H12N2O3S.Ca/c2*1-9-6-13(22-8-9)17-18-14-11-5-3-2-4-10(11)7-12(15(14)19)16(20)21;/h2*2-8,19H,1H3,(H,20,21);/q;;+2/p-2. The summed E-state index contributed by atoms with van der Waals surface area (Å²) in [4.78, 5) is 22.3. The zero-order valence-electron chi connectivity index (χ0n) is 23.9. The van der Waals surface area contributed by atoms with E-state index in [0.29, 0.717) is 31.5 Å². The zero-order valence-corrected chi connectivity index (χ0v) is 27.8. The molecule has 2 N–H and O–H groups in total. The molecule has 0 saturated heterocycles. The number of carbonyl (C=O) groups excluding carboxylic acids is 2. The number of hydrogen-bond acceptors (Lipinski definition) is 12. The Kier molecular flexibility index (Phi) is 11.0. The average Bonchev–Trinajstić information content (AvgIpc) is 3.62. The number of fused-ring (bicyclic) bond motifs is 2. The van der Waals surface area contributed by atoms with Crippen molar-refractivity contribution in [1.29, 1.82) is 0 Å². The van der Waals surface area contributed by atoms with Crippen molar-refractivity contribution in [3.63, 3.8) is 0 Å². The second kappa shape index (κ2) is 14.7. The van der Waals surface area contributed by atoms with E-state index in [1.54, 1.807) is 48.5 Å². The first-order valence-corrected chi connectivity index (χ1v) is 14.7. The number of azo groups is 2. The molecule has 2 aromatic heterocycles. The molecule has 0 unspecified atom stereocenters. The van der Waals surface area contributed by atoms with Crippen molar-refractivity contribution >= 4 is 115 Å². The van der Waals surface area contributed by atoms with Gasteiger partial charge in [-0.3, -0.25) is 0 Å². The van der Waals surface area contributed by atoms with Gasteiger partial charge in [-0.25, -0.2) is 0 Å². The van der Waals surface area contributed by atoms with E-state index >= 15 is 0 Å². The molecule has 0 amide bonds.